The molecule has 1 N–H and O–H groups in total. The van der Waals surface area contributed by atoms with Gasteiger partial charge in [0, 0.05) is 6.54 Å². The van der Waals surface area contributed by atoms with Gasteiger partial charge in [-0.3, -0.25) is 0 Å². The maximum atomic E-state index is 3.47. The quantitative estimate of drug-likeness (QED) is 0.539. The number of nitrogens with one attached hydrogen (secondary N) is 1. The Balaban J connectivity index is 2.81. The van der Waals surface area contributed by atoms with Crippen molar-refractivity contribution in [2.24, 2.45) is 5.92 Å². The lowest BCUT2D eigenvalue weighted by molar-refractivity contribution is 0.575. The van der Waals surface area contributed by atoms with Gasteiger partial charge < -0.3 is 5.32 Å². The first-order chi connectivity index (χ1) is 3.77. The molecule has 0 aliphatic heterocycles. The van der Waals surface area contributed by atoms with Crippen molar-refractivity contribution in [2.75, 3.05) is 13.1 Å². The maximum Gasteiger partial charge on any atom is 0.0202 e. The molecule has 0 aliphatic rings. The van der Waals surface area contributed by atoms with Crippen molar-refractivity contribution in [1.29, 1.82) is 0 Å². The molecule has 0 rings (SSSR count). The number of hydrogen-bond acceptors (Lipinski definition) is 1. The highest BCUT2D eigenvalue weighted by molar-refractivity contribution is 4.59. The minimum absolute atomic E-state index is 0.725. The topological polar surface area (TPSA) is 12.0 Å². The van der Waals surface area contributed by atoms with Crippen LogP contribution in [0.1, 0.15) is 13.8 Å². The zero-order valence-corrected chi connectivity index (χ0v) is 5.70. The molecule has 8 heavy (non-hydrogen) atoms. The minimum Gasteiger partial charge on any atom is -0.312 e. The van der Waals surface area contributed by atoms with Crippen molar-refractivity contribution in [1.82, 2.24) is 5.32 Å². The Kier molecular flexibility index (Phi) is 4.67. The van der Waals surface area contributed by atoms with Crippen LogP contribution in [0.25, 0.3) is 0 Å². The standard InChI is InChI=1S/C7H14N/c1-4-5-8-6-7(2)3/h7-8H,1,5-6H2,2-3H3. The molecule has 1 radical (unpaired) electrons. The Hall–Kier alpha value is -0.300. The first-order valence-electron chi connectivity index (χ1n) is 2.98. The van der Waals surface area contributed by atoms with Crippen molar-refractivity contribution in [3.05, 3.63) is 12.7 Å². The zero-order chi connectivity index (χ0) is 6.41. The molecule has 47 valence electrons. The first kappa shape index (κ1) is 7.70. The molecule has 0 atom stereocenters. The average molecular weight is 112 g/mol. The van der Waals surface area contributed by atoms with E-state index in [9.17, 15) is 0 Å². The van der Waals surface area contributed by atoms with Crippen LogP contribution in [0.2, 0.25) is 0 Å². The van der Waals surface area contributed by atoms with Crippen LogP contribution in [0.15, 0.2) is 6.58 Å². The molecular weight excluding hydrogens is 98.1 g/mol. The van der Waals surface area contributed by atoms with E-state index in [1.165, 1.54) is 0 Å². The van der Waals surface area contributed by atoms with Gasteiger partial charge in [-0.2, -0.15) is 0 Å². The normalized spacial score (nSPS) is 9.88. The van der Waals surface area contributed by atoms with Gasteiger partial charge in [-0.05, 0) is 18.5 Å². The molecular formula is C7H14N. The summed E-state index contributed by atoms with van der Waals surface area (Å²) in [5.74, 6) is 0.725. The van der Waals surface area contributed by atoms with E-state index in [-0.39, 0.29) is 0 Å². The van der Waals surface area contributed by atoms with Gasteiger partial charge in [0.25, 0.3) is 0 Å². The molecule has 0 aromatic heterocycles. The van der Waals surface area contributed by atoms with E-state index in [0.29, 0.717) is 0 Å². The Labute approximate surface area is 51.8 Å². The number of rotatable bonds is 4. The molecule has 0 bridgehead atoms. The van der Waals surface area contributed by atoms with Gasteiger partial charge in [0.1, 0.15) is 0 Å². The molecule has 0 aliphatic carbocycles. The Morgan fingerprint density at radius 2 is 2.25 bits per heavy atom. The van der Waals surface area contributed by atoms with Gasteiger partial charge >= 0.3 is 0 Å². The maximum absolute atomic E-state index is 3.47. The molecule has 0 unspecified atom stereocenters. The van der Waals surface area contributed by atoms with Crippen LogP contribution in [0.3, 0.4) is 0 Å². The van der Waals surface area contributed by atoms with E-state index in [1.807, 2.05) is 0 Å². The third kappa shape index (κ3) is 5.70. The fourth-order valence-corrected chi connectivity index (χ4v) is 0.449. The highest BCUT2D eigenvalue weighted by Gasteiger charge is 1.87. The Morgan fingerprint density at radius 1 is 1.62 bits per heavy atom. The molecule has 1 heteroatoms. The fraction of sp³-hybridized carbons (Fsp3) is 0.714. The SMILES string of the molecule is C=[C]CNCC(C)C. The third-order valence-electron chi connectivity index (χ3n) is 0.803. The highest BCUT2D eigenvalue weighted by atomic mass is 14.8. The van der Waals surface area contributed by atoms with E-state index in [2.05, 4.69) is 31.8 Å². The molecule has 0 heterocycles. The summed E-state index contributed by atoms with van der Waals surface area (Å²) in [5.41, 5.74) is 0. The van der Waals surface area contributed by atoms with Crippen molar-refractivity contribution in [3.63, 3.8) is 0 Å². The molecule has 0 aromatic rings. The molecule has 0 fully saturated rings. The van der Waals surface area contributed by atoms with Crippen molar-refractivity contribution in [2.45, 2.75) is 13.8 Å². The zero-order valence-electron chi connectivity index (χ0n) is 5.70. The first-order valence-corrected chi connectivity index (χ1v) is 2.98. The van der Waals surface area contributed by atoms with Gasteiger partial charge in [-0.25, -0.2) is 0 Å². The van der Waals surface area contributed by atoms with Crippen LogP contribution in [0.5, 0.6) is 0 Å². The van der Waals surface area contributed by atoms with Crippen LogP contribution in [0, 0.1) is 12.0 Å². The predicted octanol–water partition coefficient (Wildman–Crippen LogP) is 1.22. The average Bonchev–Trinajstić information content (AvgIpc) is 1.66. The smallest absolute Gasteiger partial charge is 0.0202 e. The van der Waals surface area contributed by atoms with E-state index >= 15 is 0 Å². The van der Waals surface area contributed by atoms with Crippen LogP contribution >= 0.6 is 0 Å². The van der Waals surface area contributed by atoms with E-state index in [4.69, 9.17) is 0 Å². The summed E-state index contributed by atoms with van der Waals surface area (Å²) < 4.78 is 0. The fourth-order valence-electron chi connectivity index (χ4n) is 0.449. The lowest BCUT2D eigenvalue weighted by atomic mass is 10.2. The molecule has 0 saturated heterocycles. The van der Waals surface area contributed by atoms with E-state index in [1.54, 1.807) is 0 Å². The molecule has 0 amide bonds. The van der Waals surface area contributed by atoms with Crippen molar-refractivity contribution >= 4 is 0 Å². The second kappa shape index (κ2) is 4.85. The van der Waals surface area contributed by atoms with Gasteiger partial charge in [-0.15, -0.1) is 0 Å². The molecule has 0 spiro atoms. The lowest BCUT2D eigenvalue weighted by Gasteiger charge is -2.02. The monoisotopic (exact) mass is 112 g/mol. The minimum atomic E-state index is 0.725. The summed E-state index contributed by atoms with van der Waals surface area (Å²) in [6.07, 6.45) is 2.76. The van der Waals surface area contributed by atoms with Crippen LogP contribution in [-0.2, 0) is 0 Å². The van der Waals surface area contributed by atoms with Crippen molar-refractivity contribution < 1.29 is 0 Å². The van der Waals surface area contributed by atoms with Crippen LogP contribution in [-0.4, -0.2) is 13.1 Å². The summed E-state index contributed by atoms with van der Waals surface area (Å²) >= 11 is 0. The second-order valence-electron chi connectivity index (χ2n) is 2.27. The van der Waals surface area contributed by atoms with E-state index in [0.717, 1.165) is 19.0 Å². The van der Waals surface area contributed by atoms with Crippen LogP contribution in [0.4, 0.5) is 0 Å². The Morgan fingerprint density at radius 3 is 2.62 bits per heavy atom. The lowest BCUT2D eigenvalue weighted by Crippen LogP contribution is -2.19. The highest BCUT2D eigenvalue weighted by Crippen LogP contribution is 1.85. The molecule has 0 aromatic carbocycles. The van der Waals surface area contributed by atoms with Gasteiger partial charge in [-0.1, -0.05) is 20.4 Å². The largest absolute Gasteiger partial charge is 0.312 e. The third-order valence-corrected chi connectivity index (χ3v) is 0.803. The summed E-state index contributed by atoms with van der Waals surface area (Å²) in [5, 5.41) is 3.16. The summed E-state index contributed by atoms with van der Waals surface area (Å²) in [6.45, 7) is 9.69. The molecule has 1 nitrogen and oxygen atoms in total. The summed E-state index contributed by atoms with van der Waals surface area (Å²) in [7, 11) is 0. The molecule has 0 saturated carbocycles. The Bertz CT molecular complexity index is 57.4. The number of hydrogen-bond donors (Lipinski definition) is 1. The van der Waals surface area contributed by atoms with E-state index < -0.39 is 0 Å². The second-order valence-corrected chi connectivity index (χ2v) is 2.27. The predicted molar refractivity (Wildman–Crippen MR) is 36.6 cm³/mol. The summed E-state index contributed by atoms with van der Waals surface area (Å²) in [4.78, 5) is 0. The summed E-state index contributed by atoms with van der Waals surface area (Å²) in [6, 6.07) is 0. The van der Waals surface area contributed by atoms with Gasteiger partial charge in [0.15, 0.2) is 0 Å². The van der Waals surface area contributed by atoms with Gasteiger partial charge in [0.05, 0.1) is 0 Å². The van der Waals surface area contributed by atoms with Gasteiger partial charge in [0.2, 0.25) is 0 Å². The van der Waals surface area contributed by atoms with Crippen LogP contribution < -0.4 is 5.32 Å². The van der Waals surface area contributed by atoms with Crippen molar-refractivity contribution in [3.8, 4) is 0 Å².